The molecule has 0 aliphatic heterocycles. The Labute approximate surface area is 122 Å². The number of carbonyl (C=O) groups is 1. The fourth-order valence-electron chi connectivity index (χ4n) is 2.38. The SMILES string of the molecule is N=C(N)c1ccc2cc(-c3cccc(C=O)c3)ccc2c1. The van der Waals surface area contributed by atoms with E-state index in [0.29, 0.717) is 5.56 Å². The quantitative estimate of drug-likeness (QED) is 0.435. The van der Waals surface area contributed by atoms with Gasteiger partial charge in [-0.05, 0) is 40.1 Å². The number of benzene rings is 3. The Balaban J connectivity index is 2.10. The van der Waals surface area contributed by atoms with Gasteiger partial charge in [0, 0.05) is 11.1 Å². The van der Waals surface area contributed by atoms with Crippen LogP contribution in [0.25, 0.3) is 21.9 Å². The van der Waals surface area contributed by atoms with Gasteiger partial charge in [-0.2, -0.15) is 0 Å². The Bertz CT molecular complexity index is 853. The van der Waals surface area contributed by atoms with Gasteiger partial charge < -0.3 is 5.73 Å². The number of nitrogens with two attached hydrogens (primary N) is 1. The van der Waals surface area contributed by atoms with Gasteiger partial charge in [0.25, 0.3) is 0 Å². The maximum Gasteiger partial charge on any atom is 0.150 e. The molecule has 3 aromatic carbocycles. The third-order valence-electron chi connectivity index (χ3n) is 3.51. The van der Waals surface area contributed by atoms with Crippen molar-refractivity contribution < 1.29 is 4.79 Å². The van der Waals surface area contributed by atoms with Crippen molar-refractivity contribution in [2.24, 2.45) is 5.73 Å². The number of nitrogens with one attached hydrogen (secondary N) is 1. The second-order valence-corrected chi connectivity index (χ2v) is 4.93. The van der Waals surface area contributed by atoms with Crippen LogP contribution < -0.4 is 5.73 Å². The summed E-state index contributed by atoms with van der Waals surface area (Å²) >= 11 is 0. The highest BCUT2D eigenvalue weighted by Crippen LogP contribution is 2.25. The predicted octanol–water partition coefficient (Wildman–Crippen LogP) is 3.60. The van der Waals surface area contributed by atoms with E-state index in [0.717, 1.165) is 33.7 Å². The van der Waals surface area contributed by atoms with Gasteiger partial charge in [0.2, 0.25) is 0 Å². The number of nitrogen functional groups attached to an aromatic ring is 1. The van der Waals surface area contributed by atoms with Gasteiger partial charge in [0.1, 0.15) is 12.1 Å². The Morgan fingerprint density at radius 1 is 0.905 bits per heavy atom. The summed E-state index contributed by atoms with van der Waals surface area (Å²) in [5.74, 6) is 0.0691. The normalized spacial score (nSPS) is 10.5. The van der Waals surface area contributed by atoms with Crippen LogP contribution in [0, 0.1) is 5.41 Å². The summed E-state index contributed by atoms with van der Waals surface area (Å²) in [5.41, 5.74) is 8.96. The van der Waals surface area contributed by atoms with E-state index in [1.807, 2.05) is 48.5 Å². The van der Waals surface area contributed by atoms with Crippen LogP contribution in [0.15, 0.2) is 60.7 Å². The van der Waals surface area contributed by atoms with Crippen molar-refractivity contribution in [3.8, 4) is 11.1 Å². The number of fused-ring (bicyclic) bond motifs is 1. The molecule has 3 N–H and O–H groups in total. The van der Waals surface area contributed by atoms with E-state index in [2.05, 4.69) is 6.07 Å². The van der Waals surface area contributed by atoms with Crippen LogP contribution in [-0.4, -0.2) is 12.1 Å². The van der Waals surface area contributed by atoms with E-state index < -0.39 is 0 Å². The Hall–Kier alpha value is -2.94. The van der Waals surface area contributed by atoms with Crippen molar-refractivity contribution >= 4 is 22.9 Å². The molecule has 0 atom stereocenters. The molecule has 3 heteroatoms. The maximum absolute atomic E-state index is 10.9. The third kappa shape index (κ3) is 2.54. The standard InChI is InChI=1S/C18H14N2O/c19-18(20)17-7-6-15-9-14(4-5-16(15)10-17)13-3-1-2-12(8-13)11-21/h1-11H,(H3,19,20). The molecule has 0 aromatic heterocycles. The lowest BCUT2D eigenvalue weighted by atomic mass is 9.99. The number of hydrogen-bond acceptors (Lipinski definition) is 2. The van der Waals surface area contributed by atoms with Crippen LogP contribution >= 0.6 is 0 Å². The minimum atomic E-state index is 0.0691. The van der Waals surface area contributed by atoms with Gasteiger partial charge in [-0.1, -0.05) is 42.5 Å². The van der Waals surface area contributed by atoms with E-state index in [9.17, 15) is 4.79 Å². The largest absolute Gasteiger partial charge is 0.384 e. The molecular formula is C18H14N2O. The fraction of sp³-hybridized carbons (Fsp3) is 0. The summed E-state index contributed by atoms with van der Waals surface area (Å²) in [6, 6.07) is 19.3. The summed E-state index contributed by atoms with van der Waals surface area (Å²) in [6.45, 7) is 0. The van der Waals surface area contributed by atoms with Gasteiger partial charge in [-0.25, -0.2) is 0 Å². The van der Waals surface area contributed by atoms with Crippen molar-refractivity contribution in [2.45, 2.75) is 0 Å². The van der Waals surface area contributed by atoms with Gasteiger partial charge in [0.15, 0.2) is 0 Å². The molecule has 0 spiro atoms. The van der Waals surface area contributed by atoms with Gasteiger partial charge in [-0.15, -0.1) is 0 Å². The average molecular weight is 274 g/mol. The van der Waals surface area contributed by atoms with Gasteiger partial charge >= 0.3 is 0 Å². The molecule has 0 heterocycles. The minimum absolute atomic E-state index is 0.0691. The van der Waals surface area contributed by atoms with E-state index in [1.54, 1.807) is 6.07 Å². The molecule has 3 rings (SSSR count). The number of rotatable bonds is 3. The molecule has 0 unspecified atom stereocenters. The van der Waals surface area contributed by atoms with Crippen LogP contribution in [0.2, 0.25) is 0 Å². The predicted molar refractivity (Wildman–Crippen MR) is 85.8 cm³/mol. The van der Waals surface area contributed by atoms with Crippen molar-refractivity contribution in [1.82, 2.24) is 0 Å². The molecular weight excluding hydrogens is 260 g/mol. The molecule has 0 bridgehead atoms. The molecule has 102 valence electrons. The molecule has 3 aromatic rings. The third-order valence-corrected chi connectivity index (χ3v) is 3.51. The topological polar surface area (TPSA) is 66.9 Å². The van der Waals surface area contributed by atoms with Crippen LogP contribution in [0.5, 0.6) is 0 Å². The molecule has 21 heavy (non-hydrogen) atoms. The molecule has 0 saturated heterocycles. The van der Waals surface area contributed by atoms with E-state index >= 15 is 0 Å². The first-order valence-corrected chi connectivity index (χ1v) is 6.61. The van der Waals surface area contributed by atoms with E-state index in [-0.39, 0.29) is 5.84 Å². The second kappa shape index (κ2) is 5.21. The van der Waals surface area contributed by atoms with Crippen molar-refractivity contribution in [2.75, 3.05) is 0 Å². The Morgan fingerprint density at radius 3 is 2.38 bits per heavy atom. The monoisotopic (exact) mass is 274 g/mol. The zero-order valence-corrected chi connectivity index (χ0v) is 11.3. The van der Waals surface area contributed by atoms with Crippen molar-refractivity contribution in [1.29, 1.82) is 5.41 Å². The lowest BCUT2D eigenvalue weighted by Gasteiger charge is -2.06. The second-order valence-electron chi connectivity index (χ2n) is 4.93. The highest BCUT2D eigenvalue weighted by molar-refractivity contribution is 5.99. The van der Waals surface area contributed by atoms with Gasteiger partial charge in [0.05, 0.1) is 0 Å². The van der Waals surface area contributed by atoms with E-state index in [1.165, 1.54) is 0 Å². The lowest BCUT2D eigenvalue weighted by molar-refractivity contribution is 0.112. The Morgan fingerprint density at radius 2 is 1.62 bits per heavy atom. The zero-order valence-electron chi connectivity index (χ0n) is 11.3. The molecule has 0 aliphatic carbocycles. The highest BCUT2D eigenvalue weighted by Gasteiger charge is 2.03. The average Bonchev–Trinajstić information content (AvgIpc) is 2.53. The van der Waals surface area contributed by atoms with Crippen molar-refractivity contribution in [3.63, 3.8) is 0 Å². The first-order valence-electron chi connectivity index (χ1n) is 6.61. The number of hydrogen-bond donors (Lipinski definition) is 2. The number of amidine groups is 1. The molecule has 0 fully saturated rings. The molecule has 3 nitrogen and oxygen atoms in total. The lowest BCUT2D eigenvalue weighted by Crippen LogP contribution is -2.10. The first-order chi connectivity index (χ1) is 10.2. The van der Waals surface area contributed by atoms with Crippen LogP contribution in [-0.2, 0) is 0 Å². The number of carbonyl (C=O) groups excluding carboxylic acids is 1. The molecule has 0 radical (unpaired) electrons. The van der Waals surface area contributed by atoms with Crippen LogP contribution in [0.1, 0.15) is 15.9 Å². The summed E-state index contributed by atoms with van der Waals surface area (Å²) in [5, 5.41) is 9.59. The summed E-state index contributed by atoms with van der Waals surface area (Å²) < 4.78 is 0. The smallest absolute Gasteiger partial charge is 0.150 e. The summed E-state index contributed by atoms with van der Waals surface area (Å²) in [4.78, 5) is 10.9. The molecule has 0 amide bonds. The first kappa shape index (κ1) is 13.1. The molecule has 0 saturated carbocycles. The van der Waals surface area contributed by atoms with Crippen molar-refractivity contribution in [3.05, 3.63) is 71.8 Å². The highest BCUT2D eigenvalue weighted by atomic mass is 16.1. The molecule has 0 aliphatic rings. The fourth-order valence-corrected chi connectivity index (χ4v) is 2.38. The van der Waals surface area contributed by atoms with Crippen LogP contribution in [0.4, 0.5) is 0 Å². The summed E-state index contributed by atoms with van der Waals surface area (Å²) in [6.07, 6.45) is 0.851. The number of aldehydes is 1. The van der Waals surface area contributed by atoms with Crippen LogP contribution in [0.3, 0.4) is 0 Å². The minimum Gasteiger partial charge on any atom is -0.384 e. The Kier molecular flexibility index (Phi) is 3.24. The summed E-state index contributed by atoms with van der Waals surface area (Å²) in [7, 11) is 0. The maximum atomic E-state index is 10.9. The van der Waals surface area contributed by atoms with Gasteiger partial charge in [-0.3, -0.25) is 10.2 Å². The zero-order chi connectivity index (χ0) is 14.8. The van der Waals surface area contributed by atoms with E-state index in [4.69, 9.17) is 11.1 Å².